The molecular formula is C15H20N4O. The van der Waals surface area contributed by atoms with E-state index in [9.17, 15) is 4.79 Å². The normalized spacial score (nSPS) is 10.6. The third kappa shape index (κ3) is 2.66. The lowest BCUT2D eigenvalue weighted by molar-refractivity contribution is 0.0988. The van der Waals surface area contributed by atoms with E-state index in [1.165, 1.54) is 5.56 Å². The zero-order chi connectivity index (χ0) is 14.7. The number of aryl methyl sites for hydroxylation is 2. The molecule has 2 rings (SSSR count). The summed E-state index contributed by atoms with van der Waals surface area (Å²) in [7, 11) is 1.73. The number of nitrogens with two attached hydrogens (primary N) is 1. The number of anilines is 2. The van der Waals surface area contributed by atoms with Gasteiger partial charge in [-0.2, -0.15) is 5.10 Å². The van der Waals surface area contributed by atoms with Gasteiger partial charge in [0, 0.05) is 25.5 Å². The van der Waals surface area contributed by atoms with Crippen LogP contribution in [0.5, 0.6) is 0 Å². The van der Waals surface area contributed by atoms with Crippen molar-refractivity contribution in [1.82, 2.24) is 9.78 Å². The van der Waals surface area contributed by atoms with E-state index in [-0.39, 0.29) is 5.91 Å². The first-order valence-corrected chi connectivity index (χ1v) is 6.76. The van der Waals surface area contributed by atoms with Crippen LogP contribution in [0, 0.1) is 0 Å². The van der Waals surface area contributed by atoms with Crippen LogP contribution in [0.2, 0.25) is 0 Å². The van der Waals surface area contributed by atoms with E-state index >= 15 is 0 Å². The molecule has 1 heterocycles. The van der Waals surface area contributed by atoms with E-state index in [0.717, 1.165) is 12.1 Å². The van der Waals surface area contributed by atoms with Crippen molar-refractivity contribution in [3.63, 3.8) is 0 Å². The summed E-state index contributed by atoms with van der Waals surface area (Å²) in [6.45, 7) is 4.74. The van der Waals surface area contributed by atoms with Gasteiger partial charge in [-0.15, -0.1) is 0 Å². The van der Waals surface area contributed by atoms with Crippen molar-refractivity contribution in [3.8, 4) is 0 Å². The Labute approximate surface area is 119 Å². The second kappa shape index (κ2) is 5.77. The molecule has 0 fully saturated rings. The van der Waals surface area contributed by atoms with Crippen molar-refractivity contribution in [3.05, 3.63) is 41.7 Å². The Morgan fingerprint density at radius 2 is 1.95 bits per heavy atom. The van der Waals surface area contributed by atoms with E-state index in [4.69, 9.17) is 5.73 Å². The van der Waals surface area contributed by atoms with Gasteiger partial charge < -0.3 is 10.6 Å². The molecule has 0 aliphatic rings. The molecule has 0 aliphatic heterocycles. The van der Waals surface area contributed by atoms with E-state index in [0.29, 0.717) is 17.9 Å². The SMILES string of the molecule is CCc1ccc(N(C)C(=O)c2nn(CC)cc2N)cc1. The molecule has 2 aromatic rings. The Morgan fingerprint density at radius 3 is 2.45 bits per heavy atom. The molecule has 0 saturated carbocycles. The van der Waals surface area contributed by atoms with E-state index < -0.39 is 0 Å². The summed E-state index contributed by atoms with van der Waals surface area (Å²) < 4.78 is 1.66. The Balaban J connectivity index is 2.24. The molecular weight excluding hydrogens is 252 g/mol. The maximum Gasteiger partial charge on any atom is 0.280 e. The molecule has 1 aromatic carbocycles. The Hall–Kier alpha value is -2.30. The number of aromatic nitrogens is 2. The lowest BCUT2D eigenvalue weighted by atomic mass is 10.1. The molecule has 0 aliphatic carbocycles. The highest BCUT2D eigenvalue weighted by Gasteiger charge is 2.19. The summed E-state index contributed by atoms with van der Waals surface area (Å²) in [4.78, 5) is 14.0. The topological polar surface area (TPSA) is 64.2 Å². The first kappa shape index (κ1) is 14.1. The third-order valence-electron chi connectivity index (χ3n) is 3.35. The quantitative estimate of drug-likeness (QED) is 0.929. The average molecular weight is 272 g/mol. The van der Waals surface area contributed by atoms with Gasteiger partial charge in [-0.05, 0) is 31.0 Å². The number of nitrogen functional groups attached to an aromatic ring is 1. The fourth-order valence-corrected chi connectivity index (χ4v) is 2.00. The van der Waals surface area contributed by atoms with Gasteiger partial charge in [0.2, 0.25) is 0 Å². The van der Waals surface area contributed by atoms with Crippen molar-refractivity contribution in [2.24, 2.45) is 0 Å². The van der Waals surface area contributed by atoms with Gasteiger partial charge >= 0.3 is 0 Å². The van der Waals surface area contributed by atoms with Crippen molar-refractivity contribution >= 4 is 17.3 Å². The van der Waals surface area contributed by atoms with Crippen LogP contribution in [0.1, 0.15) is 29.9 Å². The minimum Gasteiger partial charge on any atom is -0.396 e. The van der Waals surface area contributed by atoms with Gasteiger partial charge in [0.1, 0.15) is 0 Å². The molecule has 5 nitrogen and oxygen atoms in total. The van der Waals surface area contributed by atoms with Crippen LogP contribution in [0.25, 0.3) is 0 Å². The summed E-state index contributed by atoms with van der Waals surface area (Å²) in [6, 6.07) is 7.91. The van der Waals surface area contributed by atoms with Crippen LogP contribution < -0.4 is 10.6 Å². The second-order valence-corrected chi connectivity index (χ2v) is 4.67. The van der Waals surface area contributed by atoms with Crippen LogP contribution in [0.15, 0.2) is 30.5 Å². The lowest BCUT2D eigenvalue weighted by Crippen LogP contribution is -2.27. The number of hydrogen-bond donors (Lipinski definition) is 1. The number of nitrogens with zero attached hydrogens (tertiary/aromatic N) is 3. The zero-order valence-corrected chi connectivity index (χ0v) is 12.1. The summed E-state index contributed by atoms with van der Waals surface area (Å²) in [5.74, 6) is -0.195. The largest absolute Gasteiger partial charge is 0.396 e. The molecule has 0 bridgehead atoms. The van der Waals surface area contributed by atoms with E-state index in [2.05, 4.69) is 12.0 Å². The number of amides is 1. The van der Waals surface area contributed by atoms with E-state index in [1.807, 2.05) is 31.2 Å². The van der Waals surface area contributed by atoms with Crippen molar-refractivity contribution in [2.45, 2.75) is 26.8 Å². The van der Waals surface area contributed by atoms with Crippen molar-refractivity contribution in [1.29, 1.82) is 0 Å². The van der Waals surface area contributed by atoms with Crippen molar-refractivity contribution in [2.75, 3.05) is 17.7 Å². The highest BCUT2D eigenvalue weighted by Crippen LogP contribution is 2.18. The smallest absolute Gasteiger partial charge is 0.280 e. The molecule has 106 valence electrons. The van der Waals surface area contributed by atoms with E-state index in [1.54, 1.807) is 22.8 Å². The molecule has 0 saturated heterocycles. The average Bonchev–Trinajstić information content (AvgIpc) is 2.87. The lowest BCUT2D eigenvalue weighted by Gasteiger charge is -2.16. The monoisotopic (exact) mass is 272 g/mol. The van der Waals surface area contributed by atoms with Crippen molar-refractivity contribution < 1.29 is 4.79 Å². The molecule has 20 heavy (non-hydrogen) atoms. The zero-order valence-electron chi connectivity index (χ0n) is 12.1. The molecule has 0 spiro atoms. The molecule has 5 heteroatoms. The highest BCUT2D eigenvalue weighted by atomic mass is 16.2. The molecule has 0 radical (unpaired) electrons. The first-order chi connectivity index (χ1) is 9.56. The fraction of sp³-hybridized carbons (Fsp3) is 0.333. The van der Waals surface area contributed by atoms with Crippen LogP contribution in [0.4, 0.5) is 11.4 Å². The van der Waals surface area contributed by atoms with Crippen LogP contribution in [-0.2, 0) is 13.0 Å². The summed E-state index contributed by atoms with van der Waals surface area (Å²) in [5, 5.41) is 4.21. The summed E-state index contributed by atoms with van der Waals surface area (Å²) in [6.07, 6.45) is 2.66. The summed E-state index contributed by atoms with van der Waals surface area (Å²) >= 11 is 0. The number of rotatable bonds is 4. The molecule has 2 N–H and O–H groups in total. The first-order valence-electron chi connectivity index (χ1n) is 6.76. The minimum atomic E-state index is -0.195. The number of carbonyl (C=O) groups excluding carboxylic acids is 1. The minimum absolute atomic E-state index is 0.195. The number of carbonyl (C=O) groups is 1. The molecule has 0 atom stereocenters. The fourth-order valence-electron chi connectivity index (χ4n) is 2.00. The Bertz CT molecular complexity index is 601. The number of hydrogen-bond acceptors (Lipinski definition) is 3. The molecule has 0 unspecified atom stereocenters. The second-order valence-electron chi connectivity index (χ2n) is 4.67. The third-order valence-corrected chi connectivity index (χ3v) is 3.35. The van der Waals surface area contributed by atoms with Crippen LogP contribution >= 0.6 is 0 Å². The van der Waals surface area contributed by atoms with Crippen LogP contribution in [-0.4, -0.2) is 22.7 Å². The van der Waals surface area contributed by atoms with Gasteiger partial charge in [-0.1, -0.05) is 19.1 Å². The maximum atomic E-state index is 12.4. The maximum absolute atomic E-state index is 12.4. The standard InChI is InChI=1S/C15H20N4O/c1-4-11-6-8-12(9-7-11)18(3)15(20)14-13(16)10-19(5-2)17-14/h6-10H,4-5,16H2,1-3H3. The van der Waals surface area contributed by atoms with Crippen LogP contribution in [0.3, 0.4) is 0 Å². The molecule has 1 aromatic heterocycles. The predicted molar refractivity (Wildman–Crippen MR) is 80.9 cm³/mol. The van der Waals surface area contributed by atoms with Gasteiger partial charge in [0.25, 0.3) is 5.91 Å². The number of benzene rings is 1. The van der Waals surface area contributed by atoms with Gasteiger partial charge in [-0.25, -0.2) is 0 Å². The highest BCUT2D eigenvalue weighted by molar-refractivity contribution is 6.07. The predicted octanol–water partition coefficient (Wildman–Crippen LogP) is 2.32. The Kier molecular flexibility index (Phi) is 4.08. The van der Waals surface area contributed by atoms with Gasteiger partial charge in [0.15, 0.2) is 5.69 Å². The Morgan fingerprint density at radius 1 is 1.30 bits per heavy atom. The summed E-state index contributed by atoms with van der Waals surface area (Å²) in [5.41, 5.74) is 8.63. The van der Waals surface area contributed by atoms with Gasteiger partial charge in [-0.3, -0.25) is 9.48 Å². The molecule has 1 amide bonds. The van der Waals surface area contributed by atoms with Gasteiger partial charge in [0.05, 0.1) is 5.69 Å².